The largest absolute Gasteiger partial charge is 0.317 e. The van der Waals surface area contributed by atoms with Crippen molar-refractivity contribution in [1.82, 2.24) is 5.43 Å². The molecule has 1 aliphatic carbocycles. The Morgan fingerprint density at radius 1 is 1.28 bits per heavy atom. The van der Waals surface area contributed by atoms with Gasteiger partial charge in [-0.25, -0.2) is 8.78 Å². The fourth-order valence-electron chi connectivity index (χ4n) is 1.82. The molecule has 0 radical (unpaired) electrons. The Morgan fingerprint density at radius 2 is 1.83 bits per heavy atom. The quantitative estimate of drug-likeness (QED) is 0.738. The fourth-order valence-corrected chi connectivity index (χ4v) is 1.94. The molecule has 1 aromatic rings. The lowest BCUT2D eigenvalue weighted by Gasteiger charge is -2.42. The first kappa shape index (κ1) is 13.0. The monoisotopic (exact) mass is 275 g/mol. The molecule has 4 nitrogen and oxygen atoms in total. The van der Waals surface area contributed by atoms with Gasteiger partial charge < -0.3 is 5.73 Å². The molecule has 1 fully saturated rings. The number of hydrogen-bond acceptors (Lipinski definition) is 3. The van der Waals surface area contributed by atoms with Gasteiger partial charge in [-0.1, -0.05) is 11.6 Å². The van der Waals surface area contributed by atoms with Crippen LogP contribution < -0.4 is 16.6 Å². The second-order valence-electron chi connectivity index (χ2n) is 4.45. The number of rotatable bonds is 3. The Bertz CT molecular complexity index is 456. The minimum absolute atomic E-state index is 0.556. The Morgan fingerprint density at radius 3 is 2.33 bits per heavy atom. The number of nitrogens with two attached hydrogens (primary N) is 1. The SMILES string of the molecule is NC1(C(=O)NNc2ccc(Cl)cc2)CC(F)(F)C1. The van der Waals surface area contributed by atoms with Crippen molar-refractivity contribution in [2.75, 3.05) is 5.43 Å². The molecule has 1 aliphatic rings. The smallest absolute Gasteiger partial charge is 0.258 e. The van der Waals surface area contributed by atoms with E-state index in [1.165, 1.54) is 0 Å². The number of nitrogens with one attached hydrogen (secondary N) is 2. The van der Waals surface area contributed by atoms with Gasteiger partial charge >= 0.3 is 0 Å². The number of anilines is 1. The molecule has 1 aromatic carbocycles. The molecule has 4 N–H and O–H groups in total. The molecule has 0 bridgehead atoms. The van der Waals surface area contributed by atoms with Gasteiger partial charge in [-0.05, 0) is 24.3 Å². The van der Waals surface area contributed by atoms with Gasteiger partial charge in [-0.15, -0.1) is 0 Å². The summed E-state index contributed by atoms with van der Waals surface area (Å²) < 4.78 is 25.4. The topological polar surface area (TPSA) is 67.2 Å². The minimum atomic E-state index is -2.84. The van der Waals surface area contributed by atoms with E-state index in [4.69, 9.17) is 17.3 Å². The maximum Gasteiger partial charge on any atom is 0.258 e. The first-order valence-electron chi connectivity index (χ1n) is 5.30. The van der Waals surface area contributed by atoms with E-state index >= 15 is 0 Å². The summed E-state index contributed by atoms with van der Waals surface area (Å²) in [7, 11) is 0. The fraction of sp³-hybridized carbons (Fsp3) is 0.364. The van der Waals surface area contributed by atoms with Crippen LogP contribution in [-0.4, -0.2) is 17.4 Å². The van der Waals surface area contributed by atoms with Crippen LogP contribution in [0.25, 0.3) is 0 Å². The second kappa shape index (κ2) is 4.37. The van der Waals surface area contributed by atoms with Gasteiger partial charge in [0.25, 0.3) is 11.8 Å². The Kier molecular flexibility index (Phi) is 3.16. The van der Waals surface area contributed by atoms with Crippen LogP contribution in [-0.2, 0) is 4.79 Å². The lowest BCUT2D eigenvalue weighted by atomic mass is 9.74. The molecule has 98 valence electrons. The van der Waals surface area contributed by atoms with E-state index in [-0.39, 0.29) is 0 Å². The molecule has 7 heteroatoms. The third kappa shape index (κ3) is 2.70. The van der Waals surface area contributed by atoms with Crippen LogP contribution in [0, 0.1) is 0 Å². The summed E-state index contributed by atoms with van der Waals surface area (Å²) in [6.07, 6.45) is -1.26. The van der Waals surface area contributed by atoms with Crippen molar-refractivity contribution in [1.29, 1.82) is 0 Å². The van der Waals surface area contributed by atoms with E-state index in [0.29, 0.717) is 10.7 Å². The van der Waals surface area contributed by atoms with Gasteiger partial charge in [0, 0.05) is 17.9 Å². The summed E-state index contributed by atoms with van der Waals surface area (Å²) in [4.78, 5) is 11.6. The van der Waals surface area contributed by atoms with Crippen LogP contribution in [0.1, 0.15) is 12.8 Å². The zero-order valence-electron chi connectivity index (χ0n) is 9.34. The molecular formula is C11H12ClF2N3O. The number of carbonyl (C=O) groups is 1. The summed E-state index contributed by atoms with van der Waals surface area (Å²) >= 11 is 5.69. The van der Waals surface area contributed by atoms with Crippen molar-refractivity contribution in [3.63, 3.8) is 0 Å². The second-order valence-corrected chi connectivity index (χ2v) is 4.89. The zero-order valence-corrected chi connectivity index (χ0v) is 10.1. The van der Waals surface area contributed by atoms with Crippen LogP contribution >= 0.6 is 11.6 Å². The van der Waals surface area contributed by atoms with Crippen LogP contribution in [0.2, 0.25) is 5.02 Å². The van der Waals surface area contributed by atoms with Gasteiger partial charge in [0.05, 0.1) is 5.69 Å². The van der Waals surface area contributed by atoms with Gasteiger partial charge in [0.15, 0.2) is 0 Å². The molecular weight excluding hydrogens is 264 g/mol. The number of hydrazine groups is 1. The first-order chi connectivity index (χ1) is 8.31. The first-order valence-corrected chi connectivity index (χ1v) is 5.67. The molecule has 0 saturated heterocycles. The predicted octanol–water partition coefficient (Wildman–Crippen LogP) is 1.91. The standard InChI is InChI=1S/C11H12ClF2N3O/c12-7-1-3-8(4-2-7)16-17-9(18)10(15)5-11(13,14)6-10/h1-4,16H,5-6,15H2,(H,17,18). The van der Waals surface area contributed by atoms with Crippen LogP contribution in [0.3, 0.4) is 0 Å². The van der Waals surface area contributed by atoms with E-state index in [9.17, 15) is 13.6 Å². The third-order valence-electron chi connectivity index (χ3n) is 2.76. The van der Waals surface area contributed by atoms with E-state index < -0.39 is 30.2 Å². The van der Waals surface area contributed by atoms with Crippen LogP contribution in [0.15, 0.2) is 24.3 Å². The van der Waals surface area contributed by atoms with Crippen molar-refractivity contribution in [2.45, 2.75) is 24.3 Å². The molecule has 0 spiro atoms. The number of carbonyl (C=O) groups excluding carboxylic acids is 1. The summed E-state index contributed by atoms with van der Waals surface area (Å²) in [5, 5.41) is 0.556. The third-order valence-corrected chi connectivity index (χ3v) is 3.02. The summed E-state index contributed by atoms with van der Waals surface area (Å²) in [6.45, 7) is 0. The highest BCUT2D eigenvalue weighted by Gasteiger charge is 2.58. The maximum absolute atomic E-state index is 12.7. The number of halogens is 3. The molecule has 0 unspecified atom stereocenters. The molecule has 2 rings (SSSR count). The maximum atomic E-state index is 12.7. The van der Waals surface area contributed by atoms with Gasteiger partial charge in [-0.3, -0.25) is 15.6 Å². The van der Waals surface area contributed by atoms with Gasteiger partial charge in [0.1, 0.15) is 5.54 Å². The minimum Gasteiger partial charge on any atom is -0.317 e. The van der Waals surface area contributed by atoms with Crippen molar-refractivity contribution in [3.8, 4) is 0 Å². The average molecular weight is 276 g/mol. The molecule has 1 saturated carbocycles. The van der Waals surface area contributed by atoms with E-state index in [1.807, 2.05) is 0 Å². The van der Waals surface area contributed by atoms with Gasteiger partial charge in [-0.2, -0.15) is 0 Å². The number of hydrogen-bond donors (Lipinski definition) is 3. The molecule has 1 amide bonds. The van der Waals surface area contributed by atoms with Crippen molar-refractivity contribution >= 4 is 23.2 Å². The molecule has 18 heavy (non-hydrogen) atoms. The van der Waals surface area contributed by atoms with E-state index in [0.717, 1.165) is 0 Å². The summed E-state index contributed by atoms with van der Waals surface area (Å²) in [6, 6.07) is 6.54. The zero-order chi connectivity index (χ0) is 13.4. The molecule has 0 aromatic heterocycles. The lowest BCUT2D eigenvalue weighted by Crippen LogP contribution is -2.66. The Labute approximate surface area is 107 Å². The van der Waals surface area contributed by atoms with Crippen LogP contribution in [0.5, 0.6) is 0 Å². The molecule has 0 heterocycles. The normalized spacial score (nSPS) is 19.8. The predicted molar refractivity (Wildman–Crippen MR) is 64.3 cm³/mol. The summed E-state index contributed by atoms with van der Waals surface area (Å²) in [5.74, 6) is -3.49. The van der Waals surface area contributed by atoms with E-state index in [1.54, 1.807) is 24.3 Å². The average Bonchev–Trinajstić information content (AvgIpc) is 2.25. The highest BCUT2D eigenvalue weighted by molar-refractivity contribution is 6.30. The van der Waals surface area contributed by atoms with Crippen LogP contribution in [0.4, 0.5) is 14.5 Å². The number of benzene rings is 1. The highest BCUT2D eigenvalue weighted by atomic mass is 35.5. The number of amides is 1. The highest BCUT2D eigenvalue weighted by Crippen LogP contribution is 2.43. The van der Waals surface area contributed by atoms with Gasteiger partial charge in [0.2, 0.25) is 0 Å². The van der Waals surface area contributed by atoms with Crippen molar-refractivity contribution < 1.29 is 13.6 Å². The Balaban J connectivity index is 1.88. The molecule has 0 aliphatic heterocycles. The Hall–Kier alpha value is -1.40. The molecule has 0 atom stereocenters. The van der Waals surface area contributed by atoms with Crippen molar-refractivity contribution in [3.05, 3.63) is 29.3 Å². The number of alkyl halides is 2. The summed E-state index contributed by atoms with van der Waals surface area (Å²) in [5.41, 5.74) is 9.54. The van der Waals surface area contributed by atoms with Crippen molar-refractivity contribution in [2.24, 2.45) is 5.73 Å². The van der Waals surface area contributed by atoms with E-state index in [2.05, 4.69) is 10.9 Å². The lowest BCUT2D eigenvalue weighted by molar-refractivity contribution is -0.155.